The number of piperidine rings is 1. The summed E-state index contributed by atoms with van der Waals surface area (Å²) in [6.45, 7) is 2.06. The van der Waals surface area contributed by atoms with Crippen molar-refractivity contribution in [2.24, 2.45) is 0 Å². The van der Waals surface area contributed by atoms with Gasteiger partial charge in [0.15, 0.2) is 0 Å². The van der Waals surface area contributed by atoms with Gasteiger partial charge in [-0.3, -0.25) is 14.5 Å². The van der Waals surface area contributed by atoms with Gasteiger partial charge in [0.1, 0.15) is 12.1 Å². The van der Waals surface area contributed by atoms with Gasteiger partial charge in [0.25, 0.3) is 5.91 Å². The average molecular weight is 471 g/mol. The molecular weight excluding hydrogens is 444 g/mol. The molecule has 0 aromatic heterocycles. The second kappa shape index (κ2) is 8.95. The Labute approximate surface area is 192 Å². The van der Waals surface area contributed by atoms with E-state index in [1.165, 1.54) is 16.4 Å². The van der Waals surface area contributed by atoms with Crippen LogP contribution in [0.1, 0.15) is 31.7 Å². The number of imide groups is 1. The average Bonchev–Trinajstić information content (AvgIpc) is 3.04. The largest absolute Gasteiger partial charge is 0.325 e. The summed E-state index contributed by atoms with van der Waals surface area (Å²) in [7, 11) is -3.65. The summed E-state index contributed by atoms with van der Waals surface area (Å²) in [5, 5.41) is 5.25. The van der Waals surface area contributed by atoms with Gasteiger partial charge in [-0.1, -0.05) is 42.8 Å². The third-order valence-corrected chi connectivity index (χ3v) is 7.89. The smallest absolute Gasteiger partial charge is 0.324 e. The van der Waals surface area contributed by atoms with Crippen molar-refractivity contribution in [3.8, 4) is 0 Å². The molecule has 0 spiro atoms. The number of carbonyl (C=O) groups excluding carboxylic acids is 3. The molecule has 0 aliphatic carbocycles. The molecule has 2 aliphatic rings. The van der Waals surface area contributed by atoms with Crippen LogP contribution in [0.3, 0.4) is 0 Å². The molecule has 2 heterocycles. The van der Waals surface area contributed by atoms with Crippen molar-refractivity contribution in [1.29, 1.82) is 0 Å². The van der Waals surface area contributed by atoms with Crippen molar-refractivity contribution in [1.82, 2.24) is 14.5 Å². The van der Waals surface area contributed by atoms with E-state index in [1.54, 1.807) is 49.4 Å². The van der Waals surface area contributed by atoms with Gasteiger partial charge in [-0.15, -0.1) is 0 Å². The van der Waals surface area contributed by atoms with Crippen molar-refractivity contribution >= 4 is 33.6 Å². The highest BCUT2D eigenvalue weighted by atomic mass is 32.2. The minimum atomic E-state index is -3.65. The molecule has 9 nitrogen and oxygen atoms in total. The molecule has 2 fully saturated rings. The molecule has 33 heavy (non-hydrogen) atoms. The molecular formula is C23H26N4O5S. The van der Waals surface area contributed by atoms with E-state index in [0.717, 1.165) is 24.2 Å². The fraction of sp³-hybridized carbons (Fsp3) is 0.348. The Balaban J connectivity index is 1.46. The monoisotopic (exact) mass is 470 g/mol. The quantitative estimate of drug-likeness (QED) is 0.629. The maximum Gasteiger partial charge on any atom is 0.325 e. The number of nitrogens with zero attached hydrogens (tertiary/aromatic N) is 2. The first kappa shape index (κ1) is 22.9. The first-order chi connectivity index (χ1) is 15.7. The predicted octanol–water partition coefficient (Wildman–Crippen LogP) is 2.27. The topological polar surface area (TPSA) is 116 Å². The molecule has 2 aliphatic heterocycles. The van der Waals surface area contributed by atoms with Crippen LogP contribution in [0.4, 0.5) is 10.5 Å². The number of sulfonamides is 1. The van der Waals surface area contributed by atoms with Gasteiger partial charge in [-0.05, 0) is 43.5 Å². The summed E-state index contributed by atoms with van der Waals surface area (Å²) in [6.07, 6.45) is 2.65. The fourth-order valence-electron chi connectivity index (χ4n) is 4.14. The van der Waals surface area contributed by atoms with Gasteiger partial charge in [0, 0.05) is 18.8 Å². The number of urea groups is 1. The van der Waals surface area contributed by atoms with Gasteiger partial charge in [-0.2, -0.15) is 4.31 Å². The van der Waals surface area contributed by atoms with Crippen LogP contribution < -0.4 is 10.6 Å². The zero-order valence-corrected chi connectivity index (χ0v) is 19.1. The molecule has 4 amide bonds. The van der Waals surface area contributed by atoms with Crippen LogP contribution in [-0.2, 0) is 25.2 Å². The number of nitrogens with one attached hydrogen (secondary N) is 2. The molecule has 2 saturated heterocycles. The van der Waals surface area contributed by atoms with Crippen LogP contribution in [0, 0.1) is 0 Å². The molecule has 2 N–H and O–H groups in total. The number of hydrogen-bond acceptors (Lipinski definition) is 5. The highest BCUT2D eigenvalue weighted by Crippen LogP contribution is 2.28. The van der Waals surface area contributed by atoms with Crippen molar-refractivity contribution in [2.45, 2.75) is 36.6 Å². The Hall–Kier alpha value is -3.24. The Morgan fingerprint density at radius 2 is 1.73 bits per heavy atom. The van der Waals surface area contributed by atoms with E-state index in [1.807, 2.05) is 0 Å². The standard InChI is InChI=1S/C23H26N4O5S/c1-23(17-9-4-2-5-10-17)21(29)27(22(30)25-23)16-20(28)24-18-11-8-12-19(15-18)33(31,32)26-13-6-3-7-14-26/h2,4-5,8-12,15H,3,6-7,13-14,16H2,1H3,(H,24,28)(H,25,30)/t23-/m1/s1. The molecule has 0 bridgehead atoms. The van der Waals surface area contributed by atoms with Crippen molar-refractivity contribution in [2.75, 3.05) is 25.0 Å². The SMILES string of the molecule is C[C@]1(c2ccccc2)NC(=O)N(CC(=O)Nc2cccc(S(=O)(=O)N3CCCCC3)c2)C1=O. The lowest BCUT2D eigenvalue weighted by Crippen LogP contribution is -2.42. The van der Waals surface area contributed by atoms with Crippen LogP contribution >= 0.6 is 0 Å². The summed E-state index contributed by atoms with van der Waals surface area (Å²) < 4.78 is 27.3. The first-order valence-corrected chi connectivity index (χ1v) is 12.3. The molecule has 174 valence electrons. The maximum atomic E-state index is 13.0. The van der Waals surface area contributed by atoms with Gasteiger partial charge < -0.3 is 10.6 Å². The molecule has 1 atom stereocenters. The summed E-state index contributed by atoms with van der Waals surface area (Å²) in [6, 6.07) is 14.1. The number of hydrogen-bond donors (Lipinski definition) is 2. The van der Waals surface area contributed by atoms with Crippen LogP contribution in [0.25, 0.3) is 0 Å². The lowest BCUT2D eigenvalue weighted by atomic mass is 9.92. The number of rotatable bonds is 6. The minimum absolute atomic E-state index is 0.0915. The Bertz CT molecular complexity index is 1180. The Kier molecular flexibility index (Phi) is 6.22. The zero-order valence-electron chi connectivity index (χ0n) is 18.3. The molecule has 2 aromatic rings. The van der Waals surface area contributed by atoms with Crippen molar-refractivity contribution in [3.63, 3.8) is 0 Å². The summed E-state index contributed by atoms with van der Waals surface area (Å²) in [5.74, 6) is -1.14. The third kappa shape index (κ3) is 4.49. The first-order valence-electron chi connectivity index (χ1n) is 10.8. The second-order valence-electron chi connectivity index (χ2n) is 8.35. The number of amides is 4. The molecule has 10 heteroatoms. The van der Waals surface area contributed by atoms with Crippen LogP contribution in [0.15, 0.2) is 59.5 Å². The maximum absolute atomic E-state index is 13.0. The third-order valence-electron chi connectivity index (χ3n) is 6.00. The lowest BCUT2D eigenvalue weighted by Gasteiger charge is -2.26. The molecule has 0 saturated carbocycles. The number of carbonyl (C=O) groups is 3. The van der Waals surface area contributed by atoms with E-state index in [2.05, 4.69) is 10.6 Å². The van der Waals surface area contributed by atoms with Crippen molar-refractivity contribution in [3.05, 3.63) is 60.2 Å². The van der Waals surface area contributed by atoms with Crippen LogP contribution in [0.2, 0.25) is 0 Å². The number of anilines is 1. The minimum Gasteiger partial charge on any atom is -0.324 e. The Morgan fingerprint density at radius 1 is 1.03 bits per heavy atom. The predicted molar refractivity (Wildman–Crippen MR) is 122 cm³/mol. The zero-order chi connectivity index (χ0) is 23.6. The van der Waals surface area contributed by atoms with Crippen LogP contribution in [0.5, 0.6) is 0 Å². The van der Waals surface area contributed by atoms with Gasteiger partial charge in [0.2, 0.25) is 15.9 Å². The van der Waals surface area contributed by atoms with E-state index in [-0.39, 0.29) is 10.6 Å². The van der Waals surface area contributed by atoms with E-state index < -0.39 is 40.0 Å². The molecule has 2 aromatic carbocycles. The van der Waals surface area contributed by atoms with Gasteiger partial charge in [-0.25, -0.2) is 13.2 Å². The fourth-order valence-corrected chi connectivity index (χ4v) is 5.70. The highest BCUT2D eigenvalue weighted by molar-refractivity contribution is 7.89. The number of benzene rings is 2. The Morgan fingerprint density at radius 3 is 2.42 bits per heavy atom. The van der Waals surface area contributed by atoms with Crippen LogP contribution in [-0.4, -0.2) is 55.1 Å². The van der Waals surface area contributed by atoms with E-state index in [9.17, 15) is 22.8 Å². The summed E-state index contributed by atoms with van der Waals surface area (Å²) >= 11 is 0. The lowest BCUT2D eigenvalue weighted by molar-refractivity contribution is -0.133. The second-order valence-corrected chi connectivity index (χ2v) is 10.3. The molecule has 4 rings (SSSR count). The van der Waals surface area contributed by atoms with E-state index in [0.29, 0.717) is 18.7 Å². The summed E-state index contributed by atoms with van der Waals surface area (Å²) in [5.41, 5.74) is -0.376. The van der Waals surface area contributed by atoms with Gasteiger partial charge in [0.05, 0.1) is 4.90 Å². The van der Waals surface area contributed by atoms with E-state index in [4.69, 9.17) is 0 Å². The molecule has 0 unspecified atom stereocenters. The van der Waals surface area contributed by atoms with E-state index >= 15 is 0 Å². The molecule has 0 radical (unpaired) electrons. The normalized spacial score (nSPS) is 21.7. The summed E-state index contributed by atoms with van der Waals surface area (Å²) in [4.78, 5) is 39.0. The van der Waals surface area contributed by atoms with Gasteiger partial charge >= 0.3 is 6.03 Å². The highest BCUT2D eigenvalue weighted by Gasteiger charge is 2.49. The van der Waals surface area contributed by atoms with Crippen molar-refractivity contribution < 1.29 is 22.8 Å².